The van der Waals surface area contributed by atoms with Crippen LogP contribution >= 0.6 is 0 Å². The molecule has 35 heavy (non-hydrogen) atoms. The Morgan fingerprint density at radius 3 is 2.83 bits per heavy atom. The zero-order valence-electron chi connectivity index (χ0n) is 19.9. The fraction of sp³-hybridized carbons (Fsp3) is 0.357. The van der Waals surface area contributed by atoms with Crippen molar-refractivity contribution in [1.82, 2.24) is 15.0 Å². The normalized spacial score (nSPS) is 15.7. The predicted octanol–water partition coefficient (Wildman–Crippen LogP) is 5.04. The summed E-state index contributed by atoms with van der Waals surface area (Å²) >= 11 is 0. The zero-order valence-corrected chi connectivity index (χ0v) is 19.9. The second kappa shape index (κ2) is 9.96. The van der Waals surface area contributed by atoms with Gasteiger partial charge in [-0.15, -0.1) is 0 Å². The number of aromatic nitrogens is 3. The van der Waals surface area contributed by atoms with Crippen molar-refractivity contribution in [2.75, 3.05) is 43.1 Å². The third kappa shape index (κ3) is 4.95. The van der Waals surface area contributed by atoms with Gasteiger partial charge in [-0.3, -0.25) is 4.98 Å². The standard InChI is InChI=1S/C28H31N5O2/c1-2-7-25-23(6-1)24-17-21(8-9-26(24)31-25)30-27-18-22(33-12-15-34-16-13-33)19-28(32-27)35-14-10-20-5-3-4-11-29-20/h3-5,8-9,11,17-19,31H,1-2,6-7,10,12-16H2,(H,30,32). The van der Waals surface area contributed by atoms with Gasteiger partial charge in [0, 0.05) is 71.5 Å². The minimum Gasteiger partial charge on any atom is -0.477 e. The van der Waals surface area contributed by atoms with E-state index in [9.17, 15) is 0 Å². The number of hydrogen-bond donors (Lipinski definition) is 2. The zero-order chi connectivity index (χ0) is 23.5. The van der Waals surface area contributed by atoms with Crippen molar-refractivity contribution in [3.8, 4) is 5.88 Å². The van der Waals surface area contributed by atoms with E-state index in [1.54, 1.807) is 0 Å². The van der Waals surface area contributed by atoms with Gasteiger partial charge in [0.05, 0.1) is 19.8 Å². The van der Waals surface area contributed by atoms with Crippen molar-refractivity contribution in [1.29, 1.82) is 0 Å². The Bertz CT molecular complexity index is 1300. The number of rotatable bonds is 7. The van der Waals surface area contributed by atoms with Gasteiger partial charge in [0.2, 0.25) is 5.88 Å². The molecule has 0 unspecified atom stereocenters. The van der Waals surface area contributed by atoms with Crippen LogP contribution < -0.4 is 15.0 Å². The molecule has 2 N–H and O–H groups in total. The monoisotopic (exact) mass is 469 g/mol. The minimum absolute atomic E-state index is 0.525. The van der Waals surface area contributed by atoms with Gasteiger partial charge in [0.1, 0.15) is 5.82 Å². The molecule has 0 atom stereocenters. The van der Waals surface area contributed by atoms with Crippen LogP contribution in [0.4, 0.5) is 17.2 Å². The van der Waals surface area contributed by atoms with Crippen LogP contribution in [-0.4, -0.2) is 47.9 Å². The van der Waals surface area contributed by atoms with Crippen LogP contribution in [-0.2, 0) is 24.0 Å². The van der Waals surface area contributed by atoms with E-state index in [1.165, 1.54) is 35.0 Å². The molecule has 6 rings (SSSR count). The number of hydrogen-bond acceptors (Lipinski definition) is 6. The van der Waals surface area contributed by atoms with Gasteiger partial charge >= 0.3 is 0 Å². The molecule has 1 aromatic carbocycles. The van der Waals surface area contributed by atoms with E-state index in [-0.39, 0.29) is 0 Å². The number of benzene rings is 1. The van der Waals surface area contributed by atoms with E-state index < -0.39 is 0 Å². The van der Waals surface area contributed by atoms with E-state index in [4.69, 9.17) is 14.5 Å². The summed E-state index contributed by atoms with van der Waals surface area (Å²) in [4.78, 5) is 15.1. The molecule has 2 aliphatic rings. The molecule has 0 radical (unpaired) electrons. The highest BCUT2D eigenvalue weighted by molar-refractivity contribution is 5.88. The minimum atomic E-state index is 0.525. The third-order valence-electron chi connectivity index (χ3n) is 6.87. The molecule has 7 heteroatoms. The highest BCUT2D eigenvalue weighted by atomic mass is 16.5. The van der Waals surface area contributed by atoms with Gasteiger partial charge < -0.3 is 24.7 Å². The van der Waals surface area contributed by atoms with Crippen molar-refractivity contribution in [2.45, 2.75) is 32.1 Å². The second-order valence-electron chi connectivity index (χ2n) is 9.24. The smallest absolute Gasteiger partial charge is 0.217 e. The first-order chi connectivity index (χ1) is 17.3. The number of aromatic amines is 1. The van der Waals surface area contributed by atoms with Gasteiger partial charge in [-0.25, -0.2) is 0 Å². The van der Waals surface area contributed by atoms with E-state index >= 15 is 0 Å². The lowest BCUT2D eigenvalue weighted by Gasteiger charge is -2.29. The molecule has 1 fully saturated rings. The van der Waals surface area contributed by atoms with Crippen LogP contribution in [0.3, 0.4) is 0 Å². The molecule has 0 spiro atoms. The van der Waals surface area contributed by atoms with Crippen LogP contribution in [0.5, 0.6) is 5.88 Å². The summed E-state index contributed by atoms with van der Waals surface area (Å²) in [5.74, 6) is 1.40. The summed E-state index contributed by atoms with van der Waals surface area (Å²) in [5, 5.41) is 4.87. The Balaban J connectivity index is 1.25. The molecule has 180 valence electrons. The van der Waals surface area contributed by atoms with Crippen molar-refractivity contribution in [3.05, 3.63) is 71.7 Å². The van der Waals surface area contributed by atoms with Gasteiger partial charge in [-0.1, -0.05) is 6.07 Å². The van der Waals surface area contributed by atoms with Crippen LogP contribution in [0.2, 0.25) is 0 Å². The molecule has 1 saturated heterocycles. The van der Waals surface area contributed by atoms with Crippen LogP contribution in [0.15, 0.2) is 54.7 Å². The summed E-state index contributed by atoms with van der Waals surface area (Å²) in [6.07, 6.45) is 7.38. The number of H-pyrrole nitrogens is 1. The molecular weight excluding hydrogens is 438 g/mol. The van der Waals surface area contributed by atoms with Crippen molar-refractivity contribution >= 4 is 28.1 Å². The lowest BCUT2D eigenvalue weighted by atomic mass is 9.95. The lowest BCUT2D eigenvalue weighted by molar-refractivity contribution is 0.122. The molecule has 4 heterocycles. The van der Waals surface area contributed by atoms with Gasteiger partial charge in [-0.2, -0.15) is 4.98 Å². The van der Waals surface area contributed by atoms with Gasteiger partial charge in [0.25, 0.3) is 0 Å². The van der Waals surface area contributed by atoms with Gasteiger partial charge in [-0.05, 0) is 61.6 Å². The summed E-state index contributed by atoms with van der Waals surface area (Å²) in [7, 11) is 0. The highest BCUT2D eigenvalue weighted by Gasteiger charge is 2.17. The molecule has 0 amide bonds. The molecule has 1 aliphatic carbocycles. The predicted molar refractivity (Wildman–Crippen MR) is 139 cm³/mol. The number of ether oxygens (including phenoxy) is 2. The first-order valence-electron chi connectivity index (χ1n) is 12.6. The van der Waals surface area contributed by atoms with Crippen molar-refractivity contribution in [3.63, 3.8) is 0 Å². The number of morpholine rings is 1. The number of anilines is 3. The third-order valence-corrected chi connectivity index (χ3v) is 6.87. The van der Waals surface area contributed by atoms with Crippen molar-refractivity contribution in [2.24, 2.45) is 0 Å². The molecule has 7 nitrogen and oxygen atoms in total. The summed E-state index contributed by atoms with van der Waals surface area (Å²) in [6.45, 7) is 3.71. The Labute approximate surface area is 205 Å². The number of nitrogens with zero attached hydrogens (tertiary/aromatic N) is 3. The summed E-state index contributed by atoms with van der Waals surface area (Å²) in [5.41, 5.74) is 7.24. The maximum Gasteiger partial charge on any atom is 0.217 e. The number of fused-ring (bicyclic) bond motifs is 3. The molecular formula is C28H31N5O2. The van der Waals surface area contributed by atoms with Crippen LogP contribution in [0.25, 0.3) is 10.9 Å². The Morgan fingerprint density at radius 2 is 1.94 bits per heavy atom. The van der Waals surface area contributed by atoms with E-state index in [2.05, 4.69) is 44.5 Å². The summed E-state index contributed by atoms with van der Waals surface area (Å²) < 4.78 is 11.7. The second-order valence-corrected chi connectivity index (χ2v) is 9.24. The molecule has 0 bridgehead atoms. The maximum atomic E-state index is 6.10. The quantitative estimate of drug-likeness (QED) is 0.395. The maximum absolute atomic E-state index is 6.10. The van der Waals surface area contributed by atoms with E-state index in [1.807, 2.05) is 30.5 Å². The Hall–Kier alpha value is -3.58. The first kappa shape index (κ1) is 21.9. The van der Waals surface area contributed by atoms with Crippen LogP contribution in [0, 0.1) is 0 Å². The molecule has 4 aromatic rings. The SMILES string of the molecule is c1ccc(CCOc2cc(N3CCOCC3)cc(Nc3ccc4[nH]c5c(c4c3)CCCC5)n2)nc1. The highest BCUT2D eigenvalue weighted by Crippen LogP contribution is 2.32. The largest absolute Gasteiger partial charge is 0.477 e. The molecule has 0 saturated carbocycles. The topological polar surface area (TPSA) is 75.3 Å². The number of nitrogens with one attached hydrogen (secondary N) is 2. The first-order valence-corrected chi connectivity index (χ1v) is 12.6. The van der Waals surface area contributed by atoms with Crippen LogP contribution in [0.1, 0.15) is 29.8 Å². The van der Waals surface area contributed by atoms with E-state index in [0.717, 1.165) is 68.5 Å². The summed E-state index contributed by atoms with van der Waals surface area (Å²) in [6, 6.07) is 16.6. The van der Waals surface area contributed by atoms with E-state index in [0.29, 0.717) is 12.5 Å². The number of pyridine rings is 2. The molecule has 1 aliphatic heterocycles. The fourth-order valence-corrected chi connectivity index (χ4v) is 5.07. The Kier molecular flexibility index (Phi) is 6.24. The molecule has 3 aromatic heterocycles. The Morgan fingerprint density at radius 1 is 1.03 bits per heavy atom. The van der Waals surface area contributed by atoms with Gasteiger partial charge in [0.15, 0.2) is 0 Å². The number of aryl methyl sites for hydroxylation is 2. The lowest BCUT2D eigenvalue weighted by Crippen LogP contribution is -2.36. The average molecular weight is 470 g/mol. The van der Waals surface area contributed by atoms with Crippen molar-refractivity contribution < 1.29 is 9.47 Å². The fourth-order valence-electron chi connectivity index (χ4n) is 5.07. The average Bonchev–Trinajstić information content (AvgIpc) is 3.28.